The molecule has 2 atom stereocenters. The number of morpholine rings is 1. The Hall–Kier alpha value is -0.0000000000000000208. The minimum absolute atomic E-state index is 0.0448. The highest BCUT2D eigenvalue weighted by Gasteiger charge is 2.28. The maximum absolute atomic E-state index is 12.0. The molecule has 6 heteroatoms. The highest BCUT2D eigenvalue weighted by Crippen LogP contribution is 2.22. The van der Waals surface area contributed by atoms with E-state index >= 15 is 0 Å². The first kappa shape index (κ1) is 14.1. The molecule has 0 radical (unpaired) electrons. The van der Waals surface area contributed by atoms with Gasteiger partial charge in [0.2, 0.25) is 0 Å². The maximum atomic E-state index is 12.0. The first-order valence-electron chi connectivity index (χ1n) is 5.41. The second-order valence-corrected chi connectivity index (χ2v) is 4.51. The number of alkyl halides is 4. The minimum atomic E-state index is -4.05. The van der Waals surface area contributed by atoms with Gasteiger partial charge in [0.25, 0.3) is 0 Å². The van der Waals surface area contributed by atoms with Crippen molar-refractivity contribution in [3.8, 4) is 0 Å². The van der Waals surface area contributed by atoms with E-state index in [2.05, 4.69) is 0 Å². The lowest BCUT2D eigenvalue weighted by molar-refractivity contribution is -0.137. The van der Waals surface area contributed by atoms with Crippen LogP contribution >= 0.6 is 11.6 Å². The molecule has 1 aliphatic rings. The molecule has 2 unspecified atom stereocenters. The Bertz CT molecular complexity index is 213. The van der Waals surface area contributed by atoms with Crippen molar-refractivity contribution < 1.29 is 17.9 Å². The lowest BCUT2D eigenvalue weighted by atomic mass is 10.2. The molecule has 0 aromatic rings. The Morgan fingerprint density at radius 1 is 1.38 bits per heavy atom. The third-order valence-electron chi connectivity index (χ3n) is 2.51. The van der Waals surface area contributed by atoms with Gasteiger partial charge in [-0.2, -0.15) is 13.2 Å². The van der Waals surface area contributed by atoms with Gasteiger partial charge in [0, 0.05) is 25.4 Å². The summed E-state index contributed by atoms with van der Waals surface area (Å²) in [6.45, 7) is 3.69. The standard InChI is InChI=1S/C10H17ClF3NO/c1-8-6-15(7-9(5-11)16-8)4-2-3-10(12,13)14/h8-9H,2-7H2,1H3. The molecular formula is C10H17ClF3NO. The van der Waals surface area contributed by atoms with E-state index < -0.39 is 12.6 Å². The summed E-state index contributed by atoms with van der Waals surface area (Å²) in [6.07, 6.45) is -4.64. The molecule has 0 spiro atoms. The average molecular weight is 260 g/mol. The summed E-state index contributed by atoms with van der Waals surface area (Å²) in [7, 11) is 0. The van der Waals surface area contributed by atoms with Gasteiger partial charge in [-0.1, -0.05) is 0 Å². The number of hydrogen-bond donors (Lipinski definition) is 0. The van der Waals surface area contributed by atoms with E-state index in [0.717, 1.165) is 0 Å². The predicted molar refractivity (Wildman–Crippen MR) is 56.8 cm³/mol. The molecule has 16 heavy (non-hydrogen) atoms. The van der Waals surface area contributed by atoms with Gasteiger partial charge in [-0.05, 0) is 19.9 Å². The SMILES string of the molecule is CC1CN(CCCC(F)(F)F)CC(CCl)O1. The number of halogens is 4. The fourth-order valence-corrected chi connectivity index (χ4v) is 2.08. The van der Waals surface area contributed by atoms with Gasteiger partial charge in [-0.15, -0.1) is 11.6 Å². The van der Waals surface area contributed by atoms with Crippen molar-refractivity contribution in [3.05, 3.63) is 0 Å². The molecule has 0 aliphatic carbocycles. The van der Waals surface area contributed by atoms with E-state index in [4.69, 9.17) is 16.3 Å². The Labute approximate surface area is 98.7 Å². The molecule has 1 rings (SSSR count). The van der Waals surface area contributed by atoms with Crippen molar-refractivity contribution in [2.24, 2.45) is 0 Å². The van der Waals surface area contributed by atoms with E-state index in [-0.39, 0.29) is 18.6 Å². The van der Waals surface area contributed by atoms with Crippen molar-refractivity contribution in [1.29, 1.82) is 0 Å². The molecule has 0 aromatic heterocycles. The Balaban J connectivity index is 2.26. The second kappa shape index (κ2) is 6.07. The lowest BCUT2D eigenvalue weighted by Gasteiger charge is -2.36. The molecular weight excluding hydrogens is 243 g/mol. The van der Waals surface area contributed by atoms with Crippen LogP contribution in [0.2, 0.25) is 0 Å². The van der Waals surface area contributed by atoms with Gasteiger partial charge in [0.05, 0.1) is 12.2 Å². The third-order valence-corrected chi connectivity index (χ3v) is 2.85. The number of nitrogens with zero attached hydrogens (tertiary/aromatic N) is 1. The molecule has 0 N–H and O–H groups in total. The molecule has 96 valence electrons. The van der Waals surface area contributed by atoms with E-state index in [0.29, 0.717) is 25.5 Å². The van der Waals surface area contributed by atoms with E-state index in [1.807, 2.05) is 11.8 Å². The number of hydrogen-bond acceptors (Lipinski definition) is 2. The molecule has 1 aliphatic heterocycles. The Kier molecular flexibility index (Phi) is 5.34. The van der Waals surface area contributed by atoms with Crippen LogP contribution in [-0.4, -0.2) is 48.8 Å². The van der Waals surface area contributed by atoms with Crippen LogP contribution in [0.4, 0.5) is 13.2 Å². The van der Waals surface area contributed by atoms with Crippen molar-refractivity contribution >= 4 is 11.6 Å². The van der Waals surface area contributed by atoms with E-state index in [1.54, 1.807) is 0 Å². The topological polar surface area (TPSA) is 12.5 Å². The fraction of sp³-hybridized carbons (Fsp3) is 1.00. The van der Waals surface area contributed by atoms with Gasteiger partial charge in [0.1, 0.15) is 0 Å². The van der Waals surface area contributed by atoms with Gasteiger partial charge in [-0.25, -0.2) is 0 Å². The minimum Gasteiger partial charge on any atom is -0.371 e. The smallest absolute Gasteiger partial charge is 0.371 e. The summed E-state index contributed by atoms with van der Waals surface area (Å²) in [6, 6.07) is 0. The van der Waals surface area contributed by atoms with E-state index in [9.17, 15) is 13.2 Å². The maximum Gasteiger partial charge on any atom is 0.389 e. The highest BCUT2D eigenvalue weighted by molar-refractivity contribution is 6.18. The van der Waals surface area contributed by atoms with Crippen molar-refractivity contribution in [3.63, 3.8) is 0 Å². The normalized spacial score (nSPS) is 28.3. The summed E-state index contributed by atoms with van der Waals surface area (Å²) < 4.78 is 41.4. The quantitative estimate of drug-likeness (QED) is 0.720. The molecule has 0 bridgehead atoms. The molecule has 2 nitrogen and oxygen atoms in total. The molecule has 1 heterocycles. The van der Waals surface area contributed by atoms with Gasteiger partial charge in [-0.3, -0.25) is 4.90 Å². The number of rotatable bonds is 4. The first-order valence-corrected chi connectivity index (χ1v) is 5.94. The van der Waals surface area contributed by atoms with Crippen LogP contribution in [0, 0.1) is 0 Å². The first-order chi connectivity index (χ1) is 7.40. The average Bonchev–Trinajstić information content (AvgIpc) is 2.14. The van der Waals surface area contributed by atoms with Crippen molar-refractivity contribution in [2.75, 3.05) is 25.5 Å². The monoisotopic (exact) mass is 259 g/mol. The van der Waals surface area contributed by atoms with Crippen LogP contribution in [0.5, 0.6) is 0 Å². The van der Waals surface area contributed by atoms with Crippen LogP contribution in [0.1, 0.15) is 19.8 Å². The zero-order valence-corrected chi connectivity index (χ0v) is 10.0. The van der Waals surface area contributed by atoms with Gasteiger partial charge < -0.3 is 4.74 Å². The third kappa shape index (κ3) is 5.37. The summed E-state index contributed by atoms with van der Waals surface area (Å²) in [5.41, 5.74) is 0. The van der Waals surface area contributed by atoms with Crippen LogP contribution < -0.4 is 0 Å². The highest BCUT2D eigenvalue weighted by atomic mass is 35.5. The molecule has 0 amide bonds. The molecule has 0 aromatic carbocycles. The largest absolute Gasteiger partial charge is 0.389 e. The van der Waals surface area contributed by atoms with Crippen LogP contribution in [0.3, 0.4) is 0 Å². The number of ether oxygens (including phenoxy) is 1. The van der Waals surface area contributed by atoms with Crippen LogP contribution in [-0.2, 0) is 4.74 Å². The van der Waals surface area contributed by atoms with Gasteiger partial charge >= 0.3 is 6.18 Å². The molecule has 1 saturated heterocycles. The zero-order valence-electron chi connectivity index (χ0n) is 9.26. The summed E-state index contributed by atoms with van der Waals surface area (Å²) in [5.74, 6) is 0.389. The zero-order chi connectivity index (χ0) is 12.2. The Morgan fingerprint density at radius 2 is 2.06 bits per heavy atom. The van der Waals surface area contributed by atoms with Crippen molar-refractivity contribution in [1.82, 2.24) is 4.90 Å². The van der Waals surface area contributed by atoms with Crippen LogP contribution in [0.15, 0.2) is 0 Å². The lowest BCUT2D eigenvalue weighted by Crippen LogP contribution is -2.47. The summed E-state index contributed by atoms with van der Waals surface area (Å²) in [5, 5.41) is 0. The van der Waals surface area contributed by atoms with E-state index in [1.165, 1.54) is 0 Å². The molecule has 0 saturated carbocycles. The second-order valence-electron chi connectivity index (χ2n) is 4.20. The van der Waals surface area contributed by atoms with Crippen LogP contribution in [0.25, 0.3) is 0 Å². The predicted octanol–water partition coefficient (Wildman–Crippen LogP) is 2.66. The summed E-state index contributed by atoms with van der Waals surface area (Å²) in [4.78, 5) is 1.99. The van der Waals surface area contributed by atoms with Gasteiger partial charge in [0.15, 0.2) is 0 Å². The Morgan fingerprint density at radius 3 is 2.62 bits per heavy atom. The summed E-state index contributed by atoms with van der Waals surface area (Å²) >= 11 is 5.69. The molecule has 1 fully saturated rings. The van der Waals surface area contributed by atoms with Crippen molar-refractivity contribution in [2.45, 2.75) is 38.1 Å². The fourth-order valence-electron chi connectivity index (χ4n) is 1.91.